The fourth-order valence-electron chi connectivity index (χ4n) is 1.51. The molecule has 1 aliphatic carbocycles. The Bertz CT molecular complexity index is 396. The lowest BCUT2D eigenvalue weighted by molar-refractivity contribution is 0.930. The van der Waals surface area contributed by atoms with E-state index in [0.717, 1.165) is 12.8 Å². The molecule has 0 aliphatic heterocycles. The number of rotatable bonds is 1. The first-order chi connectivity index (χ1) is 6.30. The number of benzene rings is 1. The smallest absolute Gasteiger partial charge is 0.0991 e. The van der Waals surface area contributed by atoms with Crippen molar-refractivity contribution in [3.63, 3.8) is 0 Å². The van der Waals surface area contributed by atoms with Gasteiger partial charge in [0, 0.05) is 0 Å². The number of terminal acetylenes is 1. The summed E-state index contributed by atoms with van der Waals surface area (Å²) in [5.74, 6) is 2.82. The van der Waals surface area contributed by atoms with Crippen molar-refractivity contribution >= 4 is 0 Å². The van der Waals surface area contributed by atoms with Gasteiger partial charge in [-0.05, 0) is 30.5 Å². The van der Waals surface area contributed by atoms with Crippen LogP contribution in [0.4, 0.5) is 0 Å². The molecule has 1 aromatic rings. The minimum atomic E-state index is -0.00597. The van der Waals surface area contributed by atoms with E-state index in [-0.39, 0.29) is 5.41 Å². The van der Waals surface area contributed by atoms with E-state index in [1.165, 1.54) is 5.56 Å². The zero-order chi connectivity index (χ0) is 9.31. The third kappa shape index (κ3) is 1.19. The van der Waals surface area contributed by atoms with E-state index in [0.29, 0.717) is 5.56 Å². The van der Waals surface area contributed by atoms with Crippen LogP contribution in [0, 0.1) is 23.7 Å². The lowest BCUT2D eigenvalue weighted by Gasteiger charge is -2.06. The third-order valence-electron chi connectivity index (χ3n) is 2.59. The summed E-state index contributed by atoms with van der Waals surface area (Å²) < 4.78 is 0. The molecule has 0 aromatic heterocycles. The van der Waals surface area contributed by atoms with Gasteiger partial charge in [-0.1, -0.05) is 18.1 Å². The van der Waals surface area contributed by atoms with Gasteiger partial charge in [-0.25, -0.2) is 0 Å². The summed E-state index contributed by atoms with van der Waals surface area (Å²) in [6.45, 7) is 0. The van der Waals surface area contributed by atoms with Gasteiger partial charge in [-0.3, -0.25) is 0 Å². The van der Waals surface area contributed by atoms with Gasteiger partial charge < -0.3 is 0 Å². The molecule has 0 spiro atoms. The Morgan fingerprint density at radius 3 is 2.23 bits per heavy atom. The largest absolute Gasteiger partial charge is 0.192 e. The van der Waals surface area contributed by atoms with E-state index in [1.807, 2.05) is 24.3 Å². The molecule has 1 nitrogen and oxygen atoms in total. The SMILES string of the molecule is C#CC1(c2ccc(C#N)cc2)CC1. The zero-order valence-electron chi connectivity index (χ0n) is 7.25. The minimum absolute atomic E-state index is 0.00597. The van der Waals surface area contributed by atoms with Gasteiger partial charge in [0.1, 0.15) is 0 Å². The van der Waals surface area contributed by atoms with Crippen LogP contribution in [0.1, 0.15) is 24.0 Å². The number of hydrogen-bond donors (Lipinski definition) is 0. The molecular weight excluding hydrogens is 158 g/mol. The van der Waals surface area contributed by atoms with E-state index in [1.54, 1.807) is 0 Å². The predicted octanol–water partition coefficient (Wildman–Crippen LogP) is 2.22. The highest BCUT2D eigenvalue weighted by molar-refractivity contribution is 5.43. The Morgan fingerprint density at radius 1 is 1.23 bits per heavy atom. The van der Waals surface area contributed by atoms with Crippen molar-refractivity contribution in [1.29, 1.82) is 5.26 Å². The Kier molecular flexibility index (Phi) is 1.61. The van der Waals surface area contributed by atoms with Gasteiger partial charge in [0.15, 0.2) is 0 Å². The molecule has 1 saturated carbocycles. The lowest BCUT2D eigenvalue weighted by atomic mass is 9.96. The first kappa shape index (κ1) is 7.90. The second-order valence-corrected chi connectivity index (χ2v) is 3.42. The van der Waals surface area contributed by atoms with Gasteiger partial charge in [0.25, 0.3) is 0 Å². The fraction of sp³-hybridized carbons (Fsp3) is 0.250. The van der Waals surface area contributed by atoms with Crippen molar-refractivity contribution in [3.05, 3.63) is 35.4 Å². The van der Waals surface area contributed by atoms with Crippen LogP contribution >= 0.6 is 0 Å². The summed E-state index contributed by atoms with van der Waals surface area (Å²) in [4.78, 5) is 0. The summed E-state index contributed by atoms with van der Waals surface area (Å²) in [5, 5.41) is 8.61. The highest BCUT2D eigenvalue weighted by Gasteiger charge is 2.42. The van der Waals surface area contributed by atoms with Crippen molar-refractivity contribution < 1.29 is 0 Å². The normalized spacial score (nSPS) is 17.1. The second kappa shape index (κ2) is 2.64. The Morgan fingerprint density at radius 2 is 1.85 bits per heavy atom. The Labute approximate surface area is 78.0 Å². The third-order valence-corrected chi connectivity index (χ3v) is 2.59. The van der Waals surface area contributed by atoms with Crippen LogP contribution < -0.4 is 0 Å². The topological polar surface area (TPSA) is 23.8 Å². The zero-order valence-corrected chi connectivity index (χ0v) is 7.25. The summed E-state index contributed by atoms with van der Waals surface area (Å²) in [6.07, 6.45) is 7.61. The molecule has 0 unspecified atom stereocenters. The van der Waals surface area contributed by atoms with Crippen LogP contribution in [0.25, 0.3) is 0 Å². The average molecular weight is 167 g/mol. The van der Waals surface area contributed by atoms with Crippen LogP contribution in [0.15, 0.2) is 24.3 Å². The van der Waals surface area contributed by atoms with E-state index >= 15 is 0 Å². The maximum Gasteiger partial charge on any atom is 0.0991 e. The van der Waals surface area contributed by atoms with E-state index < -0.39 is 0 Å². The number of nitriles is 1. The van der Waals surface area contributed by atoms with Crippen molar-refractivity contribution in [2.75, 3.05) is 0 Å². The van der Waals surface area contributed by atoms with Crippen LogP contribution in [-0.2, 0) is 5.41 Å². The summed E-state index contributed by atoms with van der Waals surface area (Å²) in [7, 11) is 0. The highest BCUT2D eigenvalue weighted by atomic mass is 14.4. The maximum atomic E-state index is 8.61. The first-order valence-electron chi connectivity index (χ1n) is 4.29. The summed E-state index contributed by atoms with van der Waals surface area (Å²) >= 11 is 0. The van der Waals surface area contributed by atoms with Crippen LogP contribution in [-0.4, -0.2) is 0 Å². The second-order valence-electron chi connectivity index (χ2n) is 3.42. The molecule has 1 aliphatic rings. The summed E-state index contributed by atoms with van der Waals surface area (Å²) in [5.41, 5.74) is 1.86. The molecule has 1 heteroatoms. The van der Waals surface area contributed by atoms with Crippen molar-refractivity contribution in [1.82, 2.24) is 0 Å². The van der Waals surface area contributed by atoms with E-state index in [4.69, 9.17) is 11.7 Å². The number of nitrogens with zero attached hydrogens (tertiary/aromatic N) is 1. The molecule has 0 bridgehead atoms. The van der Waals surface area contributed by atoms with Crippen LogP contribution in [0.2, 0.25) is 0 Å². The minimum Gasteiger partial charge on any atom is -0.192 e. The first-order valence-corrected chi connectivity index (χ1v) is 4.29. The maximum absolute atomic E-state index is 8.61. The van der Waals surface area contributed by atoms with Gasteiger partial charge in [0.2, 0.25) is 0 Å². The van der Waals surface area contributed by atoms with Gasteiger partial charge >= 0.3 is 0 Å². The molecule has 62 valence electrons. The number of hydrogen-bond acceptors (Lipinski definition) is 1. The molecule has 0 atom stereocenters. The van der Waals surface area contributed by atoms with Crippen molar-refractivity contribution in [2.24, 2.45) is 0 Å². The molecule has 0 saturated heterocycles. The van der Waals surface area contributed by atoms with Gasteiger partial charge in [0.05, 0.1) is 17.0 Å². The summed E-state index contributed by atoms with van der Waals surface area (Å²) in [6, 6.07) is 9.67. The molecule has 13 heavy (non-hydrogen) atoms. The Hall–Kier alpha value is -1.73. The van der Waals surface area contributed by atoms with E-state index in [9.17, 15) is 0 Å². The quantitative estimate of drug-likeness (QED) is 0.588. The Balaban J connectivity index is 2.36. The molecule has 2 rings (SSSR count). The fourth-order valence-corrected chi connectivity index (χ4v) is 1.51. The van der Waals surface area contributed by atoms with Gasteiger partial charge in [-0.15, -0.1) is 6.42 Å². The highest BCUT2D eigenvalue weighted by Crippen LogP contribution is 2.47. The van der Waals surface area contributed by atoms with Gasteiger partial charge in [-0.2, -0.15) is 5.26 Å². The van der Waals surface area contributed by atoms with Crippen LogP contribution in [0.5, 0.6) is 0 Å². The van der Waals surface area contributed by atoms with Crippen LogP contribution in [0.3, 0.4) is 0 Å². The van der Waals surface area contributed by atoms with E-state index in [2.05, 4.69) is 12.0 Å². The molecular formula is C12H9N. The lowest BCUT2D eigenvalue weighted by Crippen LogP contribution is -2.01. The van der Waals surface area contributed by atoms with Crippen molar-refractivity contribution in [2.45, 2.75) is 18.3 Å². The molecule has 1 fully saturated rings. The molecule has 0 radical (unpaired) electrons. The molecule has 0 N–H and O–H groups in total. The van der Waals surface area contributed by atoms with Crippen molar-refractivity contribution in [3.8, 4) is 18.4 Å². The standard InChI is InChI=1S/C12H9N/c1-2-12(7-8-12)11-5-3-10(9-13)4-6-11/h1,3-6H,7-8H2. The molecule has 0 heterocycles. The predicted molar refractivity (Wildman–Crippen MR) is 50.9 cm³/mol. The molecule has 0 amide bonds. The monoisotopic (exact) mass is 167 g/mol. The molecule has 1 aromatic carbocycles. The average Bonchev–Trinajstić information content (AvgIpc) is 2.99.